The minimum Gasteiger partial charge on any atom is -0.380 e. The molecule has 1 aliphatic rings. The number of aromatic nitrogens is 3. The molecule has 0 saturated carbocycles. The summed E-state index contributed by atoms with van der Waals surface area (Å²) in [4.78, 5) is 23.3. The van der Waals surface area contributed by atoms with Gasteiger partial charge in [0, 0.05) is 55.9 Å². The zero-order valence-corrected chi connectivity index (χ0v) is 15.0. The first kappa shape index (κ1) is 17.2. The molecule has 1 aromatic carbocycles. The average molecular weight is 365 g/mol. The van der Waals surface area contributed by atoms with Gasteiger partial charge in [-0.2, -0.15) is 0 Å². The van der Waals surface area contributed by atoms with Crippen LogP contribution in [0.25, 0.3) is 11.3 Å². The molecule has 4 rings (SSSR count). The van der Waals surface area contributed by atoms with E-state index in [9.17, 15) is 9.18 Å². The van der Waals surface area contributed by atoms with E-state index in [0.717, 1.165) is 30.8 Å². The molecule has 1 fully saturated rings. The number of nitrogens with one attached hydrogen (secondary N) is 1. The largest absolute Gasteiger partial charge is 0.380 e. The van der Waals surface area contributed by atoms with E-state index in [0.29, 0.717) is 11.6 Å². The molecular weight excluding hydrogens is 345 g/mol. The van der Waals surface area contributed by atoms with Crippen LogP contribution in [0.15, 0.2) is 59.7 Å². The minimum atomic E-state index is -0.249. The van der Waals surface area contributed by atoms with Crippen LogP contribution in [0.3, 0.4) is 0 Å². The Hall–Kier alpha value is -3.22. The van der Waals surface area contributed by atoms with Gasteiger partial charge in [-0.05, 0) is 42.8 Å². The normalized spacial score (nSPS) is 16.5. The molecule has 0 unspecified atom stereocenters. The summed E-state index contributed by atoms with van der Waals surface area (Å²) >= 11 is 0. The van der Waals surface area contributed by atoms with Crippen molar-refractivity contribution >= 4 is 11.6 Å². The van der Waals surface area contributed by atoms with E-state index >= 15 is 0 Å². The van der Waals surface area contributed by atoms with Crippen LogP contribution in [0, 0.1) is 5.82 Å². The van der Waals surface area contributed by atoms with Crippen molar-refractivity contribution in [2.75, 3.05) is 23.3 Å². The third-order valence-corrected chi connectivity index (χ3v) is 4.77. The molecule has 1 saturated heterocycles. The summed E-state index contributed by atoms with van der Waals surface area (Å²) in [6, 6.07) is 11.8. The molecule has 1 atom stereocenters. The third kappa shape index (κ3) is 3.67. The lowest BCUT2D eigenvalue weighted by Gasteiger charge is -2.21. The number of hydrogen-bond donors (Lipinski definition) is 1. The van der Waals surface area contributed by atoms with E-state index in [2.05, 4.69) is 15.2 Å². The highest BCUT2D eigenvalue weighted by Crippen LogP contribution is 2.23. The van der Waals surface area contributed by atoms with Gasteiger partial charge in [-0.1, -0.05) is 0 Å². The van der Waals surface area contributed by atoms with Crippen molar-refractivity contribution in [3.63, 3.8) is 0 Å². The van der Waals surface area contributed by atoms with Gasteiger partial charge in [0.25, 0.3) is 5.56 Å². The third-order valence-electron chi connectivity index (χ3n) is 4.77. The van der Waals surface area contributed by atoms with E-state index < -0.39 is 0 Å². The Morgan fingerprint density at radius 2 is 1.89 bits per heavy atom. The standard InChI is InChI=1S/C20H20FN5O/c1-25-19(27)12-18(14-6-9-22-10-7-14)24-20(25)26-11-8-17(13-26)23-16-4-2-15(21)3-5-16/h2-7,9-10,12,17,23H,8,11,13H2,1H3/t17-/m1/s1. The molecule has 0 radical (unpaired) electrons. The maximum Gasteiger partial charge on any atom is 0.255 e. The van der Waals surface area contributed by atoms with Gasteiger partial charge >= 0.3 is 0 Å². The fourth-order valence-electron chi connectivity index (χ4n) is 3.32. The molecule has 138 valence electrons. The van der Waals surface area contributed by atoms with E-state index in [-0.39, 0.29) is 17.4 Å². The monoisotopic (exact) mass is 365 g/mol. The van der Waals surface area contributed by atoms with Gasteiger partial charge in [0.15, 0.2) is 0 Å². The number of benzene rings is 1. The Bertz CT molecular complexity index is 988. The molecule has 0 amide bonds. The Balaban J connectivity index is 1.56. The Morgan fingerprint density at radius 1 is 1.15 bits per heavy atom. The van der Waals surface area contributed by atoms with E-state index in [4.69, 9.17) is 4.98 Å². The lowest BCUT2D eigenvalue weighted by atomic mass is 10.2. The fourth-order valence-corrected chi connectivity index (χ4v) is 3.32. The quantitative estimate of drug-likeness (QED) is 0.770. The molecule has 0 aliphatic carbocycles. The van der Waals surface area contributed by atoms with Crippen molar-refractivity contribution in [3.05, 3.63) is 71.0 Å². The summed E-state index contributed by atoms with van der Waals surface area (Å²) < 4.78 is 14.6. The predicted molar refractivity (Wildman–Crippen MR) is 103 cm³/mol. The molecule has 3 aromatic rings. The summed E-state index contributed by atoms with van der Waals surface area (Å²) in [5.41, 5.74) is 2.30. The van der Waals surface area contributed by atoms with Crippen LogP contribution in [-0.2, 0) is 7.05 Å². The van der Waals surface area contributed by atoms with Gasteiger partial charge in [-0.15, -0.1) is 0 Å². The number of hydrogen-bond acceptors (Lipinski definition) is 5. The highest BCUT2D eigenvalue weighted by atomic mass is 19.1. The summed E-state index contributed by atoms with van der Waals surface area (Å²) in [7, 11) is 1.74. The summed E-state index contributed by atoms with van der Waals surface area (Å²) in [6.45, 7) is 1.51. The SMILES string of the molecule is Cn1c(N2CC[C@@H](Nc3ccc(F)cc3)C2)nc(-c2ccncc2)cc1=O. The number of halogens is 1. The maximum absolute atomic E-state index is 13.1. The Kier molecular flexibility index (Phi) is 4.58. The lowest BCUT2D eigenvalue weighted by molar-refractivity contribution is 0.628. The second-order valence-corrected chi connectivity index (χ2v) is 6.66. The summed E-state index contributed by atoms with van der Waals surface area (Å²) in [6.07, 6.45) is 4.28. The van der Waals surface area contributed by atoms with Crippen LogP contribution < -0.4 is 15.8 Å². The van der Waals surface area contributed by atoms with Gasteiger partial charge in [0.05, 0.1) is 5.69 Å². The molecule has 7 heteroatoms. The number of anilines is 2. The molecule has 0 bridgehead atoms. The first-order valence-corrected chi connectivity index (χ1v) is 8.86. The molecule has 1 aliphatic heterocycles. The number of nitrogens with zero attached hydrogens (tertiary/aromatic N) is 4. The lowest BCUT2D eigenvalue weighted by Crippen LogP contribution is -2.32. The van der Waals surface area contributed by atoms with Crippen molar-refractivity contribution < 1.29 is 4.39 Å². The zero-order chi connectivity index (χ0) is 18.8. The van der Waals surface area contributed by atoms with Crippen molar-refractivity contribution in [1.29, 1.82) is 0 Å². The second kappa shape index (κ2) is 7.19. The topological polar surface area (TPSA) is 63.1 Å². The Morgan fingerprint density at radius 3 is 2.63 bits per heavy atom. The van der Waals surface area contributed by atoms with Gasteiger partial charge in [-0.3, -0.25) is 14.3 Å². The van der Waals surface area contributed by atoms with Gasteiger partial charge in [-0.25, -0.2) is 9.37 Å². The summed E-state index contributed by atoms with van der Waals surface area (Å²) in [5.74, 6) is 0.401. The zero-order valence-electron chi connectivity index (χ0n) is 15.0. The molecule has 1 N–H and O–H groups in total. The summed E-state index contributed by atoms with van der Waals surface area (Å²) in [5, 5.41) is 3.42. The van der Waals surface area contributed by atoms with E-state index in [1.54, 1.807) is 42.2 Å². The fraction of sp³-hybridized carbons (Fsp3) is 0.250. The number of rotatable bonds is 4. The minimum absolute atomic E-state index is 0.0956. The van der Waals surface area contributed by atoms with Crippen molar-refractivity contribution in [2.45, 2.75) is 12.5 Å². The van der Waals surface area contributed by atoms with Crippen LogP contribution in [0.2, 0.25) is 0 Å². The van der Waals surface area contributed by atoms with Crippen molar-refractivity contribution in [2.24, 2.45) is 7.05 Å². The smallest absolute Gasteiger partial charge is 0.255 e. The van der Waals surface area contributed by atoms with Crippen LogP contribution in [-0.4, -0.2) is 33.7 Å². The van der Waals surface area contributed by atoms with E-state index in [1.165, 1.54) is 12.1 Å². The van der Waals surface area contributed by atoms with Crippen LogP contribution >= 0.6 is 0 Å². The van der Waals surface area contributed by atoms with Crippen LogP contribution in [0.5, 0.6) is 0 Å². The van der Waals surface area contributed by atoms with Gasteiger partial charge < -0.3 is 10.2 Å². The highest BCUT2D eigenvalue weighted by Gasteiger charge is 2.25. The molecule has 0 spiro atoms. The average Bonchev–Trinajstić information content (AvgIpc) is 3.14. The van der Waals surface area contributed by atoms with Crippen molar-refractivity contribution in [3.8, 4) is 11.3 Å². The molecular formula is C20H20FN5O. The predicted octanol–water partition coefficient (Wildman–Crippen LogP) is 2.67. The van der Waals surface area contributed by atoms with Crippen LogP contribution in [0.1, 0.15) is 6.42 Å². The Labute approximate surface area is 156 Å². The van der Waals surface area contributed by atoms with Gasteiger partial charge in [0.1, 0.15) is 5.82 Å². The second-order valence-electron chi connectivity index (χ2n) is 6.66. The highest BCUT2D eigenvalue weighted by molar-refractivity contribution is 5.59. The van der Waals surface area contributed by atoms with Gasteiger partial charge in [0.2, 0.25) is 5.95 Å². The molecule has 2 aromatic heterocycles. The molecule has 6 nitrogen and oxygen atoms in total. The van der Waals surface area contributed by atoms with E-state index in [1.807, 2.05) is 12.1 Å². The maximum atomic E-state index is 13.1. The molecule has 27 heavy (non-hydrogen) atoms. The van der Waals surface area contributed by atoms with Crippen molar-refractivity contribution in [1.82, 2.24) is 14.5 Å². The van der Waals surface area contributed by atoms with Crippen LogP contribution in [0.4, 0.5) is 16.0 Å². The first-order valence-electron chi connectivity index (χ1n) is 8.86. The number of pyridine rings is 1. The molecule has 3 heterocycles. The first-order chi connectivity index (χ1) is 13.1.